The normalized spacial score (nSPS) is 11.6. The standard InChI is InChI=1S/C28H23FN2O6/c1-17(19-6-9-22(29)10-7-19)14-18-2-4-20(5-3-18)23-12-13-37-27(23)26(33)16-30-28(34)21-8-11-25(32)24(15-21)31(35)36/h2-13,15,17,32H,14,16H2,1H3,(H,30,34)/t17-/m1/s1. The van der Waals surface area contributed by atoms with E-state index in [1.807, 2.05) is 24.3 Å². The highest BCUT2D eigenvalue weighted by Crippen LogP contribution is 2.28. The first-order valence-electron chi connectivity index (χ1n) is 11.4. The van der Waals surface area contributed by atoms with Gasteiger partial charge < -0.3 is 14.8 Å². The minimum Gasteiger partial charge on any atom is -0.502 e. The van der Waals surface area contributed by atoms with Crippen LogP contribution in [0.4, 0.5) is 10.1 Å². The first kappa shape index (κ1) is 25.3. The van der Waals surface area contributed by atoms with Crippen LogP contribution in [0.2, 0.25) is 0 Å². The Kier molecular flexibility index (Phi) is 7.43. The summed E-state index contributed by atoms with van der Waals surface area (Å²) in [6, 6.07) is 19.0. The van der Waals surface area contributed by atoms with Crippen LogP contribution >= 0.6 is 0 Å². The van der Waals surface area contributed by atoms with Gasteiger partial charge in [0.2, 0.25) is 5.78 Å². The molecule has 0 fully saturated rings. The summed E-state index contributed by atoms with van der Waals surface area (Å²) in [7, 11) is 0. The number of phenols is 1. The van der Waals surface area contributed by atoms with Crippen molar-refractivity contribution in [3.8, 4) is 16.9 Å². The first-order chi connectivity index (χ1) is 17.7. The Hall–Kier alpha value is -4.79. The Labute approximate surface area is 211 Å². The summed E-state index contributed by atoms with van der Waals surface area (Å²) < 4.78 is 18.6. The lowest BCUT2D eigenvalue weighted by Crippen LogP contribution is -2.29. The second-order valence-corrected chi connectivity index (χ2v) is 8.58. The number of aromatic hydroxyl groups is 1. The number of nitrogens with zero attached hydrogens (tertiary/aromatic N) is 1. The van der Waals surface area contributed by atoms with Crippen LogP contribution in [-0.2, 0) is 6.42 Å². The first-order valence-corrected chi connectivity index (χ1v) is 11.4. The van der Waals surface area contributed by atoms with Gasteiger partial charge in [-0.25, -0.2) is 4.39 Å². The molecule has 1 atom stereocenters. The lowest BCUT2D eigenvalue weighted by molar-refractivity contribution is -0.385. The van der Waals surface area contributed by atoms with E-state index in [9.17, 15) is 29.2 Å². The number of nitro benzene ring substituents is 1. The van der Waals surface area contributed by atoms with Gasteiger partial charge in [-0.15, -0.1) is 0 Å². The second kappa shape index (κ2) is 10.9. The molecule has 9 heteroatoms. The van der Waals surface area contributed by atoms with Gasteiger partial charge in [0.15, 0.2) is 11.5 Å². The fourth-order valence-corrected chi connectivity index (χ4v) is 3.99. The van der Waals surface area contributed by atoms with Crippen molar-refractivity contribution in [2.24, 2.45) is 0 Å². The van der Waals surface area contributed by atoms with Crippen molar-refractivity contribution in [2.45, 2.75) is 19.3 Å². The molecule has 0 radical (unpaired) electrons. The number of halogens is 1. The molecule has 0 saturated carbocycles. The van der Waals surface area contributed by atoms with Gasteiger partial charge in [0.25, 0.3) is 5.91 Å². The predicted octanol–water partition coefficient (Wildman–Crippen LogP) is 5.66. The van der Waals surface area contributed by atoms with Crippen LogP contribution in [0.1, 0.15) is 44.9 Å². The molecular weight excluding hydrogens is 479 g/mol. The molecular formula is C28H23FN2O6. The fraction of sp³-hybridized carbons (Fsp3) is 0.143. The molecule has 188 valence electrons. The molecule has 4 rings (SSSR count). The van der Waals surface area contributed by atoms with Gasteiger partial charge in [-0.3, -0.25) is 19.7 Å². The summed E-state index contributed by atoms with van der Waals surface area (Å²) in [4.78, 5) is 35.3. The number of hydrogen-bond donors (Lipinski definition) is 2. The van der Waals surface area contributed by atoms with Crippen molar-refractivity contribution < 1.29 is 28.4 Å². The van der Waals surface area contributed by atoms with E-state index < -0.39 is 28.1 Å². The van der Waals surface area contributed by atoms with E-state index in [-0.39, 0.29) is 29.6 Å². The van der Waals surface area contributed by atoms with Crippen LogP contribution in [0.25, 0.3) is 11.1 Å². The van der Waals surface area contributed by atoms with Crippen LogP contribution in [0, 0.1) is 15.9 Å². The second-order valence-electron chi connectivity index (χ2n) is 8.58. The van der Waals surface area contributed by atoms with Crippen LogP contribution in [0.15, 0.2) is 83.5 Å². The zero-order chi connectivity index (χ0) is 26.5. The summed E-state index contributed by atoms with van der Waals surface area (Å²) in [6.45, 7) is 1.68. The smallest absolute Gasteiger partial charge is 0.311 e. The van der Waals surface area contributed by atoms with Crippen molar-refractivity contribution >= 4 is 17.4 Å². The maximum atomic E-state index is 13.2. The molecule has 8 nitrogen and oxygen atoms in total. The summed E-state index contributed by atoms with van der Waals surface area (Å²) in [5.41, 5.74) is 2.77. The van der Waals surface area contributed by atoms with Crippen LogP contribution in [0.3, 0.4) is 0 Å². The lowest BCUT2D eigenvalue weighted by Gasteiger charge is -2.12. The van der Waals surface area contributed by atoms with Crippen molar-refractivity contribution in [1.82, 2.24) is 5.32 Å². The minimum atomic E-state index is -0.804. The molecule has 0 aliphatic rings. The number of rotatable bonds is 9. The summed E-state index contributed by atoms with van der Waals surface area (Å²) >= 11 is 0. The minimum absolute atomic E-state index is 0.0672. The Balaban J connectivity index is 1.41. The van der Waals surface area contributed by atoms with Gasteiger partial charge in [-0.1, -0.05) is 43.3 Å². The van der Waals surface area contributed by atoms with Gasteiger partial charge in [-0.05, 0) is 59.4 Å². The average Bonchev–Trinajstić information content (AvgIpc) is 3.38. The number of nitrogens with one attached hydrogen (secondary N) is 1. The highest BCUT2D eigenvalue weighted by atomic mass is 19.1. The van der Waals surface area contributed by atoms with Gasteiger partial charge in [-0.2, -0.15) is 0 Å². The molecule has 1 amide bonds. The van der Waals surface area contributed by atoms with Crippen LogP contribution in [-0.4, -0.2) is 28.3 Å². The van der Waals surface area contributed by atoms with Crippen molar-refractivity contribution in [3.63, 3.8) is 0 Å². The molecule has 4 aromatic rings. The van der Waals surface area contributed by atoms with Gasteiger partial charge in [0.05, 0.1) is 17.7 Å². The monoisotopic (exact) mass is 502 g/mol. The van der Waals surface area contributed by atoms with Gasteiger partial charge in [0, 0.05) is 17.2 Å². The third kappa shape index (κ3) is 5.90. The van der Waals surface area contributed by atoms with E-state index in [4.69, 9.17) is 4.42 Å². The zero-order valence-corrected chi connectivity index (χ0v) is 19.8. The molecule has 0 aliphatic heterocycles. The maximum absolute atomic E-state index is 13.2. The molecule has 1 heterocycles. The van der Waals surface area contributed by atoms with E-state index in [0.29, 0.717) is 5.56 Å². The maximum Gasteiger partial charge on any atom is 0.311 e. The number of carbonyl (C=O) groups excluding carboxylic acids is 2. The Morgan fingerprint density at radius 2 is 1.76 bits per heavy atom. The van der Waals surface area contributed by atoms with E-state index in [1.165, 1.54) is 24.5 Å². The molecule has 37 heavy (non-hydrogen) atoms. The number of phenolic OH excluding ortho intramolecular Hbond substituents is 1. The number of Topliss-reactive ketones (excluding diaryl/α,β-unsaturated/α-hetero) is 1. The van der Waals surface area contributed by atoms with Crippen molar-refractivity contribution in [1.29, 1.82) is 0 Å². The fourth-order valence-electron chi connectivity index (χ4n) is 3.99. The van der Waals surface area contributed by atoms with E-state index in [2.05, 4.69) is 12.2 Å². The largest absolute Gasteiger partial charge is 0.502 e. The highest BCUT2D eigenvalue weighted by Gasteiger charge is 2.20. The molecule has 0 saturated heterocycles. The number of nitro groups is 1. The Bertz CT molecular complexity index is 1440. The summed E-state index contributed by atoms with van der Waals surface area (Å²) in [6.07, 6.45) is 2.14. The van der Waals surface area contributed by atoms with Crippen molar-refractivity contribution in [2.75, 3.05) is 6.54 Å². The molecule has 0 spiro atoms. The molecule has 2 N–H and O–H groups in total. The molecule has 1 aromatic heterocycles. The lowest BCUT2D eigenvalue weighted by atomic mass is 9.93. The zero-order valence-electron chi connectivity index (χ0n) is 19.8. The predicted molar refractivity (Wildman–Crippen MR) is 134 cm³/mol. The van der Waals surface area contributed by atoms with E-state index >= 15 is 0 Å². The van der Waals surface area contributed by atoms with E-state index in [1.54, 1.807) is 18.2 Å². The SMILES string of the molecule is C[C@H](Cc1ccc(-c2ccoc2C(=O)CNC(=O)c2ccc(O)c([N+](=O)[O-])c2)cc1)c1ccc(F)cc1. The summed E-state index contributed by atoms with van der Waals surface area (Å²) in [5.74, 6) is -1.75. The summed E-state index contributed by atoms with van der Waals surface area (Å²) in [5, 5.41) is 22.9. The number of carbonyl (C=O) groups is 2. The highest BCUT2D eigenvalue weighted by molar-refractivity contribution is 6.04. The average molecular weight is 502 g/mol. The number of benzene rings is 3. The Morgan fingerprint density at radius 1 is 1.05 bits per heavy atom. The molecule has 3 aromatic carbocycles. The molecule has 0 aliphatic carbocycles. The van der Waals surface area contributed by atoms with Crippen molar-refractivity contribution in [3.05, 3.63) is 117 Å². The van der Waals surface area contributed by atoms with Gasteiger partial charge in [0.1, 0.15) is 5.82 Å². The van der Waals surface area contributed by atoms with E-state index in [0.717, 1.165) is 35.2 Å². The van der Waals surface area contributed by atoms with Crippen LogP contribution in [0.5, 0.6) is 5.75 Å². The number of ketones is 1. The quantitative estimate of drug-likeness (QED) is 0.173. The topological polar surface area (TPSA) is 123 Å². The third-order valence-corrected chi connectivity index (χ3v) is 6.01. The number of amides is 1. The third-order valence-electron chi connectivity index (χ3n) is 6.01. The number of hydrogen-bond acceptors (Lipinski definition) is 6. The Morgan fingerprint density at radius 3 is 2.43 bits per heavy atom. The van der Waals surface area contributed by atoms with Crippen LogP contribution < -0.4 is 5.32 Å². The van der Waals surface area contributed by atoms with Gasteiger partial charge >= 0.3 is 5.69 Å². The molecule has 0 bridgehead atoms. The number of furan rings is 1. The molecule has 0 unspecified atom stereocenters.